The highest BCUT2D eigenvalue weighted by Gasteiger charge is 2.30. The summed E-state index contributed by atoms with van der Waals surface area (Å²) in [6.45, 7) is 0.319. The summed E-state index contributed by atoms with van der Waals surface area (Å²) in [7, 11) is -3.69. The van der Waals surface area contributed by atoms with E-state index in [1.807, 2.05) is 24.3 Å². The third-order valence-corrected chi connectivity index (χ3v) is 7.89. The van der Waals surface area contributed by atoms with Crippen molar-refractivity contribution in [3.8, 4) is 5.69 Å². The van der Waals surface area contributed by atoms with E-state index in [0.717, 1.165) is 10.8 Å². The number of amides is 1. The molecule has 0 saturated carbocycles. The largest absolute Gasteiger partial charge is 0.452 e. The molecule has 1 aromatic heterocycles. The van der Waals surface area contributed by atoms with Crippen LogP contribution >= 0.6 is 0 Å². The second-order valence-electron chi connectivity index (χ2n) is 8.17. The SMILES string of the molecule is O=C(OCC(=O)N1CCN(S(=O)(=O)c2ccc3ccccc3c2)CC1)c1ccc(-n2cnnn2)cc1. The first-order valence-electron chi connectivity index (χ1n) is 11.2. The van der Waals surface area contributed by atoms with Gasteiger partial charge in [0.25, 0.3) is 5.91 Å². The van der Waals surface area contributed by atoms with Crippen LogP contribution in [-0.4, -0.2) is 82.5 Å². The van der Waals surface area contributed by atoms with Gasteiger partial charge in [-0.15, -0.1) is 5.10 Å². The fourth-order valence-corrected chi connectivity index (χ4v) is 5.44. The number of aromatic nitrogens is 4. The molecule has 3 aromatic carbocycles. The quantitative estimate of drug-likeness (QED) is 0.360. The summed E-state index contributed by atoms with van der Waals surface area (Å²) in [4.78, 5) is 26.6. The van der Waals surface area contributed by atoms with Crippen LogP contribution in [0.4, 0.5) is 0 Å². The van der Waals surface area contributed by atoms with E-state index in [1.54, 1.807) is 42.5 Å². The maximum atomic E-state index is 13.1. The molecule has 0 spiro atoms. The molecule has 5 rings (SSSR count). The highest BCUT2D eigenvalue weighted by Crippen LogP contribution is 2.23. The number of nitrogens with zero attached hydrogens (tertiary/aromatic N) is 6. The number of hydrogen-bond donors (Lipinski definition) is 0. The Kier molecular flexibility index (Phi) is 6.44. The number of sulfonamides is 1. The molecule has 1 aliphatic rings. The number of carbonyl (C=O) groups excluding carboxylic acids is 2. The summed E-state index contributed by atoms with van der Waals surface area (Å²) < 4.78 is 34.2. The van der Waals surface area contributed by atoms with Crippen molar-refractivity contribution >= 4 is 32.7 Å². The van der Waals surface area contributed by atoms with Crippen molar-refractivity contribution in [2.24, 2.45) is 0 Å². The van der Waals surface area contributed by atoms with Crippen LogP contribution in [0.2, 0.25) is 0 Å². The first kappa shape index (κ1) is 23.6. The zero-order chi connectivity index (χ0) is 25.1. The van der Waals surface area contributed by atoms with Crippen molar-refractivity contribution in [2.45, 2.75) is 4.90 Å². The van der Waals surface area contributed by atoms with Gasteiger partial charge in [0.15, 0.2) is 6.61 Å². The van der Waals surface area contributed by atoms with Gasteiger partial charge >= 0.3 is 5.97 Å². The first-order chi connectivity index (χ1) is 17.4. The maximum Gasteiger partial charge on any atom is 0.338 e. The molecule has 0 radical (unpaired) electrons. The average Bonchev–Trinajstić information content (AvgIpc) is 3.46. The lowest BCUT2D eigenvalue weighted by Crippen LogP contribution is -2.51. The van der Waals surface area contributed by atoms with Gasteiger partial charge in [0, 0.05) is 26.2 Å². The molecule has 0 N–H and O–H groups in total. The van der Waals surface area contributed by atoms with Crippen molar-refractivity contribution in [3.63, 3.8) is 0 Å². The molecular formula is C24H22N6O5S. The highest BCUT2D eigenvalue weighted by atomic mass is 32.2. The lowest BCUT2D eigenvalue weighted by atomic mass is 10.1. The van der Waals surface area contributed by atoms with E-state index in [9.17, 15) is 18.0 Å². The minimum absolute atomic E-state index is 0.160. The van der Waals surface area contributed by atoms with E-state index < -0.39 is 22.6 Å². The number of tetrazole rings is 1. The van der Waals surface area contributed by atoms with Gasteiger partial charge in [0.2, 0.25) is 10.0 Å². The van der Waals surface area contributed by atoms with E-state index >= 15 is 0 Å². The van der Waals surface area contributed by atoms with E-state index in [1.165, 1.54) is 20.2 Å². The van der Waals surface area contributed by atoms with Gasteiger partial charge in [-0.05, 0) is 57.6 Å². The molecule has 0 aliphatic carbocycles. The van der Waals surface area contributed by atoms with Gasteiger partial charge in [0.05, 0.1) is 16.1 Å². The molecule has 1 aliphatic heterocycles. The number of piperazine rings is 1. The number of esters is 1. The summed E-state index contributed by atoms with van der Waals surface area (Å²) in [5.41, 5.74) is 0.954. The van der Waals surface area contributed by atoms with Crippen molar-refractivity contribution in [3.05, 3.63) is 78.6 Å². The van der Waals surface area contributed by atoms with Crippen molar-refractivity contribution in [1.82, 2.24) is 29.4 Å². The summed E-state index contributed by atoms with van der Waals surface area (Å²) in [6, 6.07) is 19.0. The highest BCUT2D eigenvalue weighted by molar-refractivity contribution is 7.89. The number of ether oxygens (including phenoxy) is 1. The number of fused-ring (bicyclic) bond motifs is 1. The molecule has 4 aromatic rings. The van der Waals surface area contributed by atoms with E-state index in [4.69, 9.17) is 4.74 Å². The predicted octanol–water partition coefficient (Wildman–Crippen LogP) is 1.51. The Morgan fingerprint density at radius 1 is 0.889 bits per heavy atom. The second kappa shape index (κ2) is 9.84. The van der Waals surface area contributed by atoms with Crippen LogP contribution in [0, 0.1) is 0 Å². The van der Waals surface area contributed by atoms with Crippen molar-refractivity contribution < 1.29 is 22.7 Å². The van der Waals surface area contributed by atoms with Gasteiger partial charge in [-0.3, -0.25) is 4.79 Å². The van der Waals surface area contributed by atoms with E-state index in [2.05, 4.69) is 15.5 Å². The molecule has 1 saturated heterocycles. The molecular weight excluding hydrogens is 484 g/mol. The summed E-state index contributed by atoms with van der Waals surface area (Å²) in [5.74, 6) is -1.01. The van der Waals surface area contributed by atoms with Gasteiger partial charge in [-0.25, -0.2) is 17.9 Å². The fourth-order valence-electron chi connectivity index (χ4n) is 3.99. The monoisotopic (exact) mass is 506 g/mol. The third-order valence-electron chi connectivity index (χ3n) is 5.99. The normalized spacial score (nSPS) is 14.6. The van der Waals surface area contributed by atoms with Crippen LogP contribution in [0.3, 0.4) is 0 Å². The molecule has 0 unspecified atom stereocenters. The Hall–Kier alpha value is -4.16. The smallest absolute Gasteiger partial charge is 0.338 e. The minimum Gasteiger partial charge on any atom is -0.452 e. The lowest BCUT2D eigenvalue weighted by molar-refractivity contribution is -0.135. The van der Waals surface area contributed by atoms with Crippen molar-refractivity contribution in [2.75, 3.05) is 32.8 Å². The molecule has 2 heterocycles. The summed E-state index contributed by atoms with van der Waals surface area (Å²) >= 11 is 0. The topological polar surface area (TPSA) is 128 Å². The van der Waals surface area contributed by atoms with Gasteiger partial charge in [-0.1, -0.05) is 30.3 Å². The fraction of sp³-hybridized carbons (Fsp3) is 0.208. The summed E-state index contributed by atoms with van der Waals surface area (Å²) in [6.07, 6.45) is 1.43. The molecule has 36 heavy (non-hydrogen) atoms. The maximum absolute atomic E-state index is 13.1. The zero-order valence-corrected chi connectivity index (χ0v) is 19.9. The minimum atomic E-state index is -3.69. The average molecular weight is 507 g/mol. The van der Waals surface area contributed by atoms with Crippen molar-refractivity contribution in [1.29, 1.82) is 0 Å². The predicted molar refractivity (Wildman–Crippen MR) is 129 cm³/mol. The summed E-state index contributed by atoms with van der Waals surface area (Å²) in [5, 5.41) is 12.7. The van der Waals surface area contributed by atoms with Crippen LogP contribution in [-0.2, 0) is 19.6 Å². The Labute approximate surface area is 206 Å². The Bertz CT molecular complexity index is 1500. The van der Waals surface area contributed by atoms with Gasteiger partial charge in [-0.2, -0.15) is 4.31 Å². The second-order valence-corrected chi connectivity index (χ2v) is 10.1. The molecule has 0 bridgehead atoms. The molecule has 0 atom stereocenters. The van der Waals surface area contributed by atoms with Crippen LogP contribution in [0.25, 0.3) is 16.5 Å². The number of carbonyl (C=O) groups is 2. The molecule has 12 heteroatoms. The van der Waals surface area contributed by atoms with Crippen LogP contribution in [0.1, 0.15) is 10.4 Å². The Balaban J connectivity index is 1.14. The Morgan fingerprint density at radius 2 is 1.61 bits per heavy atom. The lowest BCUT2D eigenvalue weighted by Gasteiger charge is -2.33. The standard InChI is InChI=1S/C24H22N6O5S/c31-23(16-35-24(32)19-5-8-21(9-6-19)30-17-25-26-27-30)28-11-13-29(14-12-28)36(33,34)22-10-7-18-3-1-2-4-20(18)15-22/h1-10,15,17H,11-14,16H2. The van der Waals surface area contributed by atoms with E-state index in [0.29, 0.717) is 5.69 Å². The van der Waals surface area contributed by atoms with Crippen LogP contribution < -0.4 is 0 Å². The molecule has 184 valence electrons. The molecule has 11 nitrogen and oxygen atoms in total. The molecule has 1 fully saturated rings. The Morgan fingerprint density at radius 3 is 2.31 bits per heavy atom. The number of rotatable bonds is 6. The van der Waals surface area contributed by atoms with Crippen LogP contribution in [0.15, 0.2) is 78.0 Å². The van der Waals surface area contributed by atoms with Gasteiger partial charge in [0.1, 0.15) is 6.33 Å². The van der Waals surface area contributed by atoms with Gasteiger partial charge < -0.3 is 9.64 Å². The number of benzene rings is 3. The van der Waals surface area contributed by atoms with E-state index in [-0.39, 0.29) is 42.5 Å². The number of hydrogen-bond acceptors (Lipinski definition) is 8. The molecule has 1 amide bonds. The first-order valence-corrected chi connectivity index (χ1v) is 12.6. The third kappa shape index (κ3) is 4.81. The van der Waals surface area contributed by atoms with Crippen LogP contribution in [0.5, 0.6) is 0 Å². The zero-order valence-electron chi connectivity index (χ0n) is 19.1.